The van der Waals surface area contributed by atoms with Crippen molar-refractivity contribution in [1.29, 1.82) is 0 Å². The normalized spacial score (nSPS) is 13.7. The van der Waals surface area contributed by atoms with Gasteiger partial charge in [-0.15, -0.1) is 0 Å². The molecule has 2 aromatic carbocycles. The van der Waals surface area contributed by atoms with Crippen molar-refractivity contribution in [3.8, 4) is 22.3 Å². The standard InChI is InChI=1S/C22H23ClN6/c23-19-7-2-5-17(13-19)16-4-1-6-18(12-16)20-14-27-22(24)28-21(20)26-8-3-10-29-11-9-25-15-29/h1-2,4-7,9,12-14H,3,8,10-11,15H2,(H3,24,26,27,28). The molecule has 0 radical (unpaired) electrons. The zero-order chi connectivity index (χ0) is 20.1. The predicted molar refractivity (Wildman–Crippen MR) is 120 cm³/mol. The van der Waals surface area contributed by atoms with Gasteiger partial charge in [0.1, 0.15) is 5.82 Å². The highest BCUT2D eigenvalue weighted by atomic mass is 35.5. The van der Waals surface area contributed by atoms with E-state index < -0.39 is 0 Å². The maximum atomic E-state index is 6.16. The van der Waals surface area contributed by atoms with Crippen LogP contribution in [0, 0.1) is 0 Å². The maximum absolute atomic E-state index is 6.16. The number of nitrogen functional groups attached to an aromatic ring is 1. The maximum Gasteiger partial charge on any atom is 0.221 e. The van der Waals surface area contributed by atoms with Crippen LogP contribution in [0.5, 0.6) is 0 Å². The van der Waals surface area contributed by atoms with Gasteiger partial charge in [-0.2, -0.15) is 4.98 Å². The van der Waals surface area contributed by atoms with Gasteiger partial charge in [0, 0.05) is 42.6 Å². The minimum atomic E-state index is 0.259. The zero-order valence-corrected chi connectivity index (χ0v) is 16.8. The number of aromatic nitrogens is 2. The molecule has 0 bridgehead atoms. The van der Waals surface area contributed by atoms with Gasteiger partial charge in [-0.1, -0.05) is 41.9 Å². The summed E-state index contributed by atoms with van der Waals surface area (Å²) in [4.78, 5) is 15.2. The number of rotatable bonds is 7. The van der Waals surface area contributed by atoms with E-state index >= 15 is 0 Å². The molecule has 0 unspecified atom stereocenters. The number of nitrogens with zero attached hydrogens (tertiary/aromatic N) is 4. The molecule has 3 N–H and O–H groups in total. The highest BCUT2D eigenvalue weighted by Crippen LogP contribution is 2.31. The third kappa shape index (κ3) is 4.91. The Labute approximate surface area is 175 Å². The number of benzene rings is 2. The molecular weight excluding hydrogens is 384 g/mol. The summed E-state index contributed by atoms with van der Waals surface area (Å²) in [7, 11) is 0. The molecule has 29 heavy (non-hydrogen) atoms. The Balaban J connectivity index is 1.52. The first kappa shape index (κ1) is 19.4. The first-order chi connectivity index (χ1) is 14.2. The first-order valence-electron chi connectivity index (χ1n) is 9.62. The number of nitrogens with one attached hydrogen (secondary N) is 1. The molecule has 7 heteroatoms. The Morgan fingerprint density at radius 2 is 1.86 bits per heavy atom. The third-order valence-electron chi connectivity index (χ3n) is 4.83. The number of hydrogen-bond acceptors (Lipinski definition) is 6. The van der Waals surface area contributed by atoms with Crippen LogP contribution < -0.4 is 11.1 Å². The van der Waals surface area contributed by atoms with Crippen molar-refractivity contribution < 1.29 is 0 Å². The van der Waals surface area contributed by atoms with Crippen LogP contribution in [-0.4, -0.2) is 47.4 Å². The SMILES string of the molecule is Nc1ncc(-c2cccc(-c3cccc(Cl)c3)c2)c(NCCCN2CC=NC2)n1. The van der Waals surface area contributed by atoms with Gasteiger partial charge < -0.3 is 11.1 Å². The van der Waals surface area contributed by atoms with Gasteiger partial charge in [0.15, 0.2) is 0 Å². The summed E-state index contributed by atoms with van der Waals surface area (Å²) < 4.78 is 0. The molecule has 3 aromatic rings. The van der Waals surface area contributed by atoms with Gasteiger partial charge in [0.05, 0.1) is 6.67 Å². The van der Waals surface area contributed by atoms with Gasteiger partial charge in [0.25, 0.3) is 0 Å². The molecule has 0 amide bonds. The van der Waals surface area contributed by atoms with Crippen LogP contribution in [0.4, 0.5) is 11.8 Å². The van der Waals surface area contributed by atoms with Gasteiger partial charge in [-0.25, -0.2) is 4.98 Å². The Morgan fingerprint density at radius 3 is 2.66 bits per heavy atom. The van der Waals surface area contributed by atoms with Crippen molar-refractivity contribution in [2.75, 3.05) is 37.4 Å². The van der Waals surface area contributed by atoms with Crippen molar-refractivity contribution >= 4 is 29.6 Å². The van der Waals surface area contributed by atoms with E-state index in [1.54, 1.807) is 6.20 Å². The fourth-order valence-corrected chi connectivity index (χ4v) is 3.54. The molecule has 0 spiro atoms. The highest BCUT2D eigenvalue weighted by Gasteiger charge is 2.11. The zero-order valence-electron chi connectivity index (χ0n) is 16.1. The van der Waals surface area contributed by atoms with E-state index in [2.05, 4.69) is 43.4 Å². The lowest BCUT2D eigenvalue weighted by atomic mass is 10.00. The number of halogens is 1. The summed E-state index contributed by atoms with van der Waals surface area (Å²) in [6, 6.07) is 16.1. The Hall–Kier alpha value is -2.96. The second-order valence-electron chi connectivity index (χ2n) is 6.95. The van der Waals surface area contributed by atoms with Crippen LogP contribution in [0.1, 0.15) is 6.42 Å². The predicted octanol–water partition coefficient (Wildman–Crippen LogP) is 4.19. The largest absolute Gasteiger partial charge is 0.369 e. The molecule has 1 aromatic heterocycles. The van der Waals surface area contributed by atoms with Crippen LogP contribution in [0.15, 0.2) is 59.7 Å². The van der Waals surface area contributed by atoms with Crippen molar-refractivity contribution in [1.82, 2.24) is 14.9 Å². The second-order valence-corrected chi connectivity index (χ2v) is 7.38. The average Bonchev–Trinajstić information content (AvgIpc) is 3.25. The fourth-order valence-electron chi connectivity index (χ4n) is 3.35. The molecule has 2 heterocycles. The Morgan fingerprint density at radius 1 is 1.07 bits per heavy atom. The van der Waals surface area contributed by atoms with E-state index in [9.17, 15) is 0 Å². The van der Waals surface area contributed by atoms with Crippen LogP contribution in [0.2, 0.25) is 5.02 Å². The van der Waals surface area contributed by atoms with Gasteiger partial charge in [-0.05, 0) is 41.3 Å². The highest BCUT2D eigenvalue weighted by molar-refractivity contribution is 6.30. The lowest BCUT2D eigenvalue weighted by Gasteiger charge is -2.15. The summed E-state index contributed by atoms with van der Waals surface area (Å²) in [5.74, 6) is 1.01. The number of hydrogen-bond donors (Lipinski definition) is 2. The quantitative estimate of drug-likeness (QED) is 0.575. The topological polar surface area (TPSA) is 79.4 Å². The lowest BCUT2D eigenvalue weighted by Crippen LogP contribution is -2.23. The van der Waals surface area contributed by atoms with E-state index in [4.69, 9.17) is 17.3 Å². The van der Waals surface area contributed by atoms with E-state index in [-0.39, 0.29) is 5.95 Å². The summed E-state index contributed by atoms with van der Waals surface area (Å²) in [5.41, 5.74) is 9.95. The van der Waals surface area contributed by atoms with Gasteiger partial charge >= 0.3 is 0 Å². The molecule has 0 aliphatic carbocycles. The molecule has 4 rings (SSSR count). The van der Waals surface area contributed by atoms with E-state index in [1.165, 1.54) is 0 Å². The Kier molecular flexibility index (Phi) is 6.03. The lowest BCUT2D eigenvalue weighted by molar-refractivity contribution is 0.341. The van der Waals surface area contributed by atoms with Crippen molar-refractivity contribution in [3.05, 3.63) is 59.8 Å². The molecule has 0 atom stereocenters. The summed E-state index contributed by atoms with van der Waals surface area (Å²) in [5, 5.41) is 4.14. The average molecular weight is 407 g/mol. The smallest absolute Gasteiger partial charge is 0.221 e. The minimum absolute atomic E-state index is 0.259. The third-order valence-corrected chi connectivity index (χ3v) is 5.07. The monoisotopic (exact) mass is 406 g/mol. The molecule has 1 aliphatic heterocycles. The van der Waals surface area contributed by atoms with Crippen molar-refractivity contribution in [2.24, 2.45) is 4.99 Å². The van der Waals surface area contributed by atoms with Gasteiger partial charge in [-0.3, -0.25) is 9.89 Å². The van der Waals surface area contributed by atoms with Crippen LogP contribution in [0.3, 0.4) is 0 Å². The fraction of sp³-hybridized carbons (Fsp3) is 0.227. The van der Waals surface area contributed by atoms with E-state index in [0.29, 0.717) is 0 Å². The molecule has 6 nitrogen and oxygen atoms in total. The summed E-state index contributed by atoms with van der Waals surface area (Å²) in [6.07, 6.45) is 4.73. The van der Waals surface area contributed by atoms with E-state index in [0.717, 1.165) is 65.8 Å². The van der Waals surface area contributed by atoms with Crippen molar-refractivity contribution in [3.63, 3.8) is 0 Å². The molecular formula is C22H23ClN6. The number of anilines is 2. The van der Waals surface area contributed by atoms with E-state index in [1.807, 2.05) is 36.5 Å². The summed E-state index contributed by atoms with van der Waals surface area (Å²) in [6.45, 7) is 3.52. The van der Waals surface area contributed by atoms with Crippen LogP contribution >= 0.6 is 11.6 Å². The molecule has 0 saturated heterocycles. The molecule has 1 aliphatic rings. The van der Waals surface area contributed by atoms with Crippen LogP contribution in [0.25, 0.3) is 22.3 Å². The molecule has 0 saturated carbocycles. The molecule has 0 fully saturated rings. The van der Waals surface area contributed by atoms with Crippen LogP contribution in [-0.2, 0) is 0 Å². The first-order valence-corrected chi connectivity index (χ1v) is 10.0. The number of nitrogens with two attached hydrogens (primary N) is 1. The second kappa shape index (κ2) is 9.03. The Bertz CT molecular complexity index is 1010. The summed E-state index contributed by atoms with van der Waals surface area (Å²) >= 11 is 6.16. The number of aliphatic imine (C=N–C) groups is 1. The molecule has 148 valence electrons. The minimum Gasteiger partial charge on any atom is -0.369 e. The van der Waals surface area contributed by atoms with Crippen molar-refractivity contribution in [2.45, 2.75) is 6.42 Å². The van der Waals surface area contributed by atoms with Gasteiger partial charge in [0.2, 0.25) is 5.95 Å².